The molecule has 0 bridgehead atoms. The highest BCUT2D eigenvalue weighted by molar-refractivity contribution is 5.76. The summed E-state index contributed by atoms with van der Waals surface area (Å²) >= 11 is 0. The summed E-state index contributed by atoms with van der Waals surface area (Å²) in [5.41, 5.74) is 0. The molecule has 3 heterocycles. The summed E-state index contributed by atoms with van der Waals surface area (Å²) in [6.07, 6.45) is 21.9. The first kappa shape index (κ1) is 74.8. The minimum Gasteiger partial charge on any atom is -0.394 e. The highest BCUT2D eigenvalue weighted by atomic mass is 16.8. The van der Waals surface area contributed by atoms with Gasteiger partial charge in [-0.25, -0.2) is 0 Å². The van der Waals surface area contributed by atoms with Gasteiger partial charge >= 0.3 is 0 Å². The van der Waals surface area contributed by atoms with Crippen LogP contribution in [0, 0.1) is 0 Å². The highest BCUT2D eigenvalue weighted by Crippen LogP contribution is 2.33. The van der Waals surface area contributed by atoms with Crippen LogP contribution in [-0.4, -0.2) is 193 Å². The Hall–Kier alpha value is -1.47. The number of aliphatic hydroxyl groups excluding tert-OH is 11. The topological polar surface area (TPSA) is 307 Å². The fraction of sp³-hybridized carbons (Fsp3) is 0.952. The molecule has 0 aliphatic carbocycles. The monoisotopic (exact) mass is 1180 g/mol. The van der Waals surface area contributed by atoms with Gasteiger partial charge in [-0.2, -0.15) is 0 Å². The molecule has 0 aromatic carbocycles. The van der Waals surface area contributed by atoms with Crippen molar-refractivity contribution in [3.05, 3.63) is 12.2 Å². The van der Waals surface area contributed by atoms with Crippen LogP contribution in [0.1, 0.15) is 251 Å². The van der Waals surface area contributed by atoms with Gasteiger partial charge in [0.2, 0.25) is 5.91 Å². The van der Waals surface area contributed by atoms with Crippen molar-refractivity contribution >= 4 is 5.91 Å². The van der Waals surface area contributed by atoms with E-state index in [1.807, 2.05) is 6.08 Å². The maximum Gasteiger partial charge on any atom is 0.220 e. The van der Waals surface area contributed by atoms with E-state index < -0.39 is 124 Å². The van der Waals surface area contributed by atoms with Crippen molar-refractivity contribution < 1.29 is 89.4 Å². The second kappa shape index (κ2) is 46.7. The fourth-order valence-corrected chi connectivity index (χ4v) is 11.4. The zero-order valence-corrected chi connectivity index (χ0v) is 50.7. The summed E-state index contributed by atoms with van der Waals surface area (Å²) in [6.45, 7) is 1.75. The summed E-state index contributed by atoms with van der Waals surface area (Å²) in [5, 5.41) is 120. The molecule has 0 spiro atoms. The van der Waals surface area contributed by atoms with E-state index in [4.69, 9.17) is 28.4 Å². The van der Waals surface area contributed by atoms with E-state index in [0.29, 0.717) is 6.42 Å². The standard InChI is InChI=1S/C63H119NO18/c1-3-5-7-9-11-13-15-17-19-20-21-22-23-24-25-27-29-31-33-35-37-39-41-51(69)64-46(47(68)40-38-36-34-32-30-28-26-18-16-14-12-10-8-6-4-2)45-77-61-57(75)54(72)59(49(43-66)79-61)82-63-58(76)55(73)60(50(44-67)80-63)81-62-56(74)53(71)52(70)48(42-65)78-62/h38,40,46-50,52-63,65-68,70-76H,3-37,39,41-45H2,1-2H3,(H,64,69)/b40-38+. The molecule has 0 aromatic heterocycles. The third-order valence-electron chi connectivity index (χ3n) is 16.8. The Balaban J connectivity index is 1.45. The first-order valence-corrected chi connectivity index (χ1v) is 32.9. The van der Waals surface area contributed by atoms with Crippen LogP contribution >= 0.6 is 0 Å². The molecule has 3 aliphatic heterocycles. The van der Waals surface area contributed by atoms with E-state index in [1.165, 1.54) is 180 Å². The van der Waals surface area contributed by atoms with Crippen LogP contribution in [0.3, 0.4) is 0 Å². The minimum absolute atomic E-state index is 0.249. The number of allylic oxidation sites excluding steroid dienone is 1. The highest BCUT2D eigenvalue weighted by Gasteiger charge is 2.53. The summed E-state index contributed by atoms with van der Waals surface area (Å²) in [6, 6.07) is -0.967. The van der Waals surface area contributed by atoms with Gasteiger partial charge in [0.1, 0.15) is 73.2 Å². The molecule has 484 valence electrons. The third-order valence-corrected chi connectivity index (χ3v) is 16.8. The largest absolute Gasteiger partial charge is 0.394 e. The van der Waals surface area contributed by atoms with Crippen molar-refractivity contribution in [3.63, 3.8) is 0 Å². The molecule has 0 saturated carbocycles. The summed E-state index contributed by atoms with van der Waals surface area (Å²) in [7, 11) is 0. The van der Waals surface area contributed by atoms with Crippen molar-refractivity contribution in [3.8, 4) is 0 Å². The van der Waals surface area contributed by atoms with E-state index in [2.05, 4.69) is 19.2 Å². The molecule has 3 fully saturated rings. The van der Waals surface area contributed by atoms with Crippen LogP contribution in [-0.2, 0) is 33.2 Å². The van der Waals surface area contributed by atoms with Crippen LogP contribution in [0.5, 0.6) is 0 Å². The van der Waals surface area contributed by atoms with E-state index in [-0.39, 0.29) is 18.9 Å². The lowest BCUT2D eigenvalue weighted by Crippen LogP contribution is -2.66. The van der Waals surface area contributed by atoms with Crippen LogP contribution < -0.4 is 5.32 Å². The molecular weight excluding hydrogens is 1060 g/mol. The molecule has 17 unspecified atom stereocenters. The van der Waals surface area contributed by atoms with E-state index in [0.717, 1.165) is 44.9 Å². The molecule has 12 N–H and O–H groups in total. The number of ether oxygens (including phenoxy) is 6. The average Bonchev–Trinajstić information content (AvgIpc) is 3.26. The van der Waals surface area contributed by atoms with Crippen molar-refractivity contribution in [2.45, 2.75) is 356 Å². The second-order valence-corrected chi connectivity index (χ2v) is 23.9. The SMILES string of the molecule is CCCCCCCCCCCCCCC/C=C/C(O)C(COC1OC(CO)C(OC2OC(CO)C(OC3OC(CO)C(O)C(O)C3O)C(O)C2O)C(O)C1O)NC(=O)CCCCCCCCCCCCCCCCCCCCCCCC. The molecule has 3 rings (SSSR count). The van der Waals surface area contributed by atoms with Gasteiger partial charge in [-0.05, 0) is 19.3 Å². The number of carbonyl (C=O) groups excluding carboxylic acids is 1. The molecular formula is C63H119NO18. The molecule has 1 amide bonds. The van der Waals surface area contributed by atoms with Gasteiger partial charge in [-0.1, -0.05) is 238 Å². The van der Waals surface area contributed by atoms with Gasteiger partial charge in [0.15, 0.2) is 18.9 Å². The van der Waals surface area contributed by atoms with Gasteiger partial charge in [-0.3, -0.25) is 4.79 Å². The number of unbranched alkanes of at least 4 members (excludes halogenated alkanes) is 34. The predicted molar refractivity (Wildman–Crippen MR) is 314 cm³/mol. The van der Waals surface area contributed by atoms with Gasteiger partial charge in [0.25, 0.3) is 0 Å². The van der Waals surface area contributed by atoms with E-state index >= 15 is 0 Å². The molecule has 3 saturated heterocycles. The number of hydrogen-bond donors (Lipinski definition) is 12. The Morgan fingerprint density at radius 2 is 0.756 bits per heavy atom. The third kappa shape index (κ3) is 29.5. The first-order chi connectivity index (χ1) is 39.8. The predicted octanol–water partition coefficient (Wildman–Crippen LogP) is 7.33. The lowest BCUT2D eigenvalue weighted by atomic mass is 9.96. The van der Waals surface area contributed by atoms with Crippen molar-refractivity contribution in [2.75, 3.05) is 26.4 Å². The number of nitrogens with one attached hydrogen (secondary N) is 1. The summed E-state index contributed by atoms with van der Waals surface area (Å²) in [4.78, 5) is 13.4. The van der Waals surface area contributed by atoms with Crippen LogP contribution in [0.4, 0.5) is 0 Å². The van der Waals surface area contributed by atoms with Crippen LogP contribution in [0.15, 0.2) is 12.2 Å². The lowest BCUT2D eigenvalue weighted by Gasteiger charge is -2.48. The molecule has 0 aromatic rings. The van der Waals surface area contributed by atoms with Gasteiger partial charge in [-0.15, -0.1) is 0 Å². The Morgan fingerprint density at radius 3 is 1.15 bits per heavy atom. The number of rotatable bonds is 50. The number of carbonyl (C=O) groups is 1. The zero-order chi connectivity index (χ0) is 59.7. The number of hydrogen-bond acceptors (Lipinski definition) is 18. The first-order valence-electron chi connectivity index (χ1n) is 32.9. The fourth-order valence-electron chi connectivity index (χ4n) is 11.4. The number of amides is 1. The minimum atomic E-state index is -1.97. The zero-order valence-electron chi connectivity index (χ0n) is 50.7. The van der Waals surface area contributed by atoms with Gasteiger partial charge in [0.05, 0.1) is 38.6 Å². The Labute approximate surface area is 493 Å². The Bertz CT molecular complexity index is 1550. The summed E-state index contributed by atoms with van der Waals surface area (Å²) in [5.74, 6) is -0.271. The quantitative estimate of drug-likeness (QED) is 0.0210. The molecule has 19 nitrogen and oxygen atoms in total. The van der Waals surface area contributed by atoms with Crippen molar-refractivity contribution in [1.82, 2.24) is 5.32 Å². The van der Waals surface area contributed by atoms with Crippen molar-refractivity contribution in [2.24, 2.45) is 0 Å². The van der Waals surface area contributed by atoms with Crippen LogP contribution in [0.25, 0.3) is 0 Å². The Kier molecular flexibility index (Phi) is 42.5. The Morgan fingerprint density at radius 1 is 0.427 bits per heavy atom. The van der Waals surface area contributed by atoms with Gasteiger partial charge < -0.3 is 89.9 Å². The van der Waals surface area contributed by atoms with Crippen molar-refractivity contribution in [1.29, 1.82) is 0 Å². The van der Waals surface area contributed by atoms with Crippen LogP contribution in [0.2, 0.25) is 0 Å². The molecule has 19 heteroatoms. The molecule has 0 radical (unpaired) electrons. The van der Waals surface area contributed by atoms with E-state index in [9.17, 15) is 61.0 Å². The molecule has 3 aliphatic rings. The maximum absolute atomic E-state index is 13.4. The molecule has 82 heavy (non-hydrogen) atoms. The average molecular weight is 1180 g/mol. The summed E-state index contributed by atoms with van der Waals surface area (Å²) < 4.78 is 34.3. The number of aliphatic hydroxyl groups is 11. The van der Waals surface area contributed by atoms with E-state index in [1.54, 1.807) is 6.08 Å². The second-order valence-electron chi connectivity index (χ2n) is 23.9. The lowest BCUT2D eigenvalue weighted by molar-refractivity contribution is -0.379. The normalized spacial score (nSPS) is 29.6. The molecule has 17 atom stereocenters. The smallest absolute Gasteiger partial charge is 0.220 e. The van der Waals surface area contributed by atoms with Gasteiger partial charge in [0, 0.05) is 6.42 Å². The maximum atomic E-state index is 13.4.